The number of carbonyl (C=O) groups excluding carboxylic acids is 1. The van der Waals surface area contributed by atoms with Crippen LogP contribution in [0.3, 0.4) is 0 Å². The molecule has 192 valence electrons. The predicted molar refractivity (Wildman–Crippen MR) is 130 cm³/mol. The van der Waals surface area contributed by atoms with Crippen molar-refractivity contribution in [3.63, 3.8) is 0 Å². The van der Waals surface area contributed by atoms with Crippen LogP contribution in [0.5, 0.6) is 0 Å². The summed E-state index contributed by atoms with van der Waals surface area (Å²) in [6, 6.07) is 0. The lowest BCUT2D eigenvalue weighted by Crippen LogP contribution is -2.33. The maximum absolute atomic E-state index is 10.7. The second-order valence-corrected chi connectivity index (χ2v) is 9.83. The zero-order valence-corrected chi connectivity index (χ0v) is 21.0. The Balaban J connectivity index is 1.56. The fraction of sp³-hybridized carbons (Fsp3) is 0.889. The van der Waals surface area contributed by atoms with Gasteiger partial charge in [0, 0.05) is 6.92 Å². The Hall–Kier alpha value is -0.950. The highest BCUT2D eigenvalue weighted by Gasteiger charge is 2.40. The standard InChI is InChI=1S/C27H48O6/c1-3-4-5-6-7-8-9-11-14-22(29)24-16-18-26(32-24)27-19-17-25(33-27)23(30)15-12-10-13-20-31-21(2)28/h10,13,22-27,29-30H,3-9,11-12,14-20H2,1-2H3/b13-10+/t22-,23-,24-,25-,26+,27+/m1/s1. The van der Waals surface area contributed by atoms with Crippen molar-refractivity contribution < 1.29 is 29.2 Å². The van der Waals surface area contributed by atoms with Crippen LogP contribution in [0.1, 0.15) is 110 Å². The van der Waals surface area contributed by atoms with E-state index in [2.05, 4.69) is 6.92 Å². The zero-order chi connectivity index (χ0) is 23.9. The molecule has 2 N–H and O–H groups in total. The van der Waals surface area contributed by atoms with Crippen LogP contribution in [0.15, 0.2) is 12.2 Å². The van der Waals surface area contributed by atoms with Gasteiger partial charge in [0.2, 0.25) is 0 Å². The molecule has 0 aromatic rings. The number of allylic oxidation sites excluding steroid dienone is 1. The van der Waals surface area contributed by atoms with Gasteiger partial charge in [-0.25, -0.2) is 0 Å². The first kappa shape index (κ1) is 28.3. The van der Waals surface area contributed by atoms with Crippen LogP contribution in [-0.4, -0.2) is 59.4 Å². The van der Waals surface area contributed by atoms with Crippen molar-refractivity contribution in [1.29, 1.82) is 0 Å². The number of hydrogen-bond acceptors (Lipinski definition) is 6. The molecule has 0 aliphatic carbocycles. The van der Waals surface area contributed by atoms with Gasteiger partial charge in [0.25, 0.3) is 0 Å². The van der Waals surface area contributed by atoms with Gasteiger partial charge in [0.05, 0.1) is 36.6 Å². The lowest BCUT2D eigenvalue weighted by Gasteiger charge is -2.24. The van der Waals surface area contributed by atoms with Gasteiger partial charge in [0.15, 0.2) is 0 Å². The Labute approximate surface area is 201 Å². The van der Waals surface area contributed by atoms with Crippen LogP contribution in [0.2, 0.25) is 0 Å². The van der Waals surface area contributed by atoms with E-state index >= 15 is 0 Å². The average molecular weight is 469 g/mol. The molecule has 2 heterocycles. The molecule has 0 radical (unpaired) electrons. The number of esters is 1. The summed E-state index contributed by atoms with van der Waals surface area (Å²) in [6.45, 7) is 3.91. The van der Waals surface area contributed by atoms with Crippen molar-refractivity contribution in [2.45, 2.75) is 147 Å². The summed E-state index contributed by atoms with van der Waals surface area (Å²) in [5.41, 5.74) is 0. The minimum absolute atomic E-state index is 0.0180. The number of unbranched alkanes of at least 4 members (excludes halogenated alkanes) is 7. The molecule has 6 heteroatoms. The van der Waals surface area contributed by atoms with Crippen molar-refractivity contribution >= 4 is 5.97 Å². The third-order valence-electron chi connectivity index (χ3n) is 6.98. The number of hydrogen-bond donors (Lipinski definition) is 2. The Bertz CT molecular complexity index is 551. The Morgan fingerprint density at radius 2 is 1.39 bits per heavy atom. The van der Waals surface area contributed by atoms with Gasteiger partial charge < -0.3 is 24.4 Å². The third-order valence-corrected chi connectivity index (χ3v) is 6.98. The summed E-state index contributed by atoms with van der Waals surface area (Å²) >= 11 is 0. The van der Waals surface area contributed by atoms with Crippen molar-refractivity contribution in [2.75, 3.05) is 6.61 Å². The quantitative estimate of drug-likeness (QED) is 0.173. The van der Waals surface area contributed by atoms with Gasteiger partial charge in [-0.1, -0.05) is 70.4 Å². The molecular formula is C27H48O6. The number of ether oxygens (including phenoxy) is 3. The van der Waals surface area contributed by atoms with Crippen LogP contribution in [0, 0.1) is 0 Å². The van der Waals surface area contributed by atoms with Crippen LogP contribution in [-0.2, 0) is 19.0 Å². The molecule has 0 aromatic heterocycles. The van der Waals surface area contributed by atoms with E-state index in [1.54, 1.807) is 6.08 Å². The maximum Gasteiger partial charge on any atom is 0.302 e. The molecule has 0 saturated carbocycles. The first-order valence-corrected chi connectivity index (χ1v) is 13.5. The van der Waals surface area contributed by atoms with Crippen molar-refractivity contribution in [2.24, 2.45) is 0 Å². The van der Waals surface area contributed by atoms with Gasteiger partial charge in [0.1, 0.15) is 6.61 Å². The fourth-order valence-corrected chi connectivity index (χ4v) is 4.97. The molecule has 2 fully saturated rings. The van der Waals surface area contributed by atoms with Crippen molar-refractivity contribution in [1.82, 2.24) is 0 Å². The Morgan fingerprint density at radius 1 is 0.848 bits per heavy atom. The minimum atomic E-state index is -0.502. The minimum Gasteiger partial charge on any atom is -0.462 e. The number of rotatable bonds is 17. The largest absolute Gasteiger partial charge is 0.462 e. The normalized spacial score (nSPS) is 27.3. The first-order chi connectivity index (χ1) is 16.0. The molecule has 2 saturated heterocycles. The molecule has 2 aliphatic rings. The molecule has 33 heavy (non-hydrogen) atoms. The summed E-state index contributed by atoms with van der Waals surface area (Å²) in [5, 5.41) is 21.0. The van der Waals surface area contributed by atoms with Gasteiger partial charge in [-0.3, -0.25) is 4.79 Å². The molecule has 2 aliphatic heterocycles. The second-order valence-electron chi connectivity index (χ2n) is 9.83. The van der Waals surface area contributed by atoms with Gasteiger partial charge >= 0.3 is 5.97 Å². The highest BCUT2D eigenvalue weighted by molar-refractivity contribution is 5.65. The molecule has 0 unspecified atom stereocenters. The Kier molecular flexibility index (Phi) is 14.3. The van der Waals surface area contributed by atoms with Crippen LogP contribution < -0.4 is 0 Å². The van der Waals surface area contributed by atoms with Gasteiger partial charge in [-0.2, -0.15) is 0 Å². The molecule has 2 rings (SSSR count). The van der Waals surface area contributed by atoms with Crippen molar-refractivity contribution in [3.8, 4) is 0 Å². The molecular weight excluding hydrogens is 420 g/mol. The highest BCUT2D eigenvalue weighted by atomic mass is 16.6. The van der Waals surface area contributed by atoms with E-state index in [-0.39, 0.29) is 43.1 Å². The van der Waals surface area contributed by atoms with Crippen LogP contribution in [0.25, 0.3) is 0 Å². The first-order valence-electron chi connectivity index (χ1n) is 13.5. The monoisotopic (exact) mass is 468 g/mol. The molecule has 0 aromatic carbocycles. The van der Waals surface area contributed by atoms with E-state index in [0.717, 1.165) is 44.9 Å². The summed E-state index contributed by atoms with van der Waals surface area (Å²) in [5.74, 6) is -0.290. The fourth-order valence-electron chi connectivity index (χ4n) is 4.97. The molecule has 0 spiro atoms. The number of carbonyl (C=O) groups is 1. The molecule has 6 nitrogen and oxygen atoms in total. The Morgan fingerprint density at radius 3 is 1.97 bits per heavy atom. The van der Waals surface area contributed by atoms with E-state index in [1.165, 1.54) is 51.9 Å². The second kappa shape index (κ2) is 16.6. The predicted octanol–water partition coefficient (Wildman–Crippen LogP) is 5.23. The van der Waals surface area contributed by atoms with E-state index < -0.39 is 6.10 Å². The van der Waals surface area contributed by atoms with Gasteiger partial charge in [-0.05, 0) is 44.9 Å². The molecule has 6 atom stereocenters. The number of aliphatic hydroxyl groups is 2. The summed E-state index contributed by atoms with van der Waals surface area (Å²) < 4.78 is 17.2. The smallest absolute Gasteiger partial charge is 0.302 e. The topological polar surface area (TPSA) is 85.2 Å². The van der Waals surface area contributed by atoms with E-state index in [4.69, 9.17) is 14.2 Å². The van der Waals surface area contributed by atoms with Gasteiger partial charge in [-0.15, -0.1) is 0 Å². The molecule has 0 bridgehead atoms. The SMILES string of the molecule is CCCCCCCCCC[C@@H](O)[C@H]1CC[C@@H]([C@@H]2CC[C@H]([C@H](O)CC/C=C/COC(C)=O)O2)O1. The van der Waals surface area contributed by atoms with Crippen LogP contribution in [0.4, 0.5) is 0 Å². The number of aliphatic hydroxyl groups excluding tert-OH is 2. The van der Waals surface area contributed by atoms with E-state index in [1.807, 2.05) is 6.08 Å². The summed E-state index contributed by atoms with van der Waals surface area (Å²) in [6.07, 6.45) is 18.6. The third kappa shape index (κ3) is 11.3. The van der Waals surface area contributed by atoms with Crippen molar-refractivity contribution in [3.05, 3.63) is 12.2 Å². The van der Waals surface area contributed by atoms with E-state index in [0.29, 0.717) is 6.42 Å². The lowest BCUT2D eigenvalue weighted by molar-refractivity contribution is -0.139. The average Bonchev–Trinajstić information content (AvgIpc) is 3.47. The summed E-state index contributed by atoms with van der Waals surface area (Å²) in [7, 11) is 0. The van der Waals surface area contributed by atoms with Crippen LogP contribution >= 0.6 is 0 Å². The lowest BCUT2D eigenvalue weighted by atomic mass is 10.0. The molecule has 0 amide bonds. The summed E-state index contributed by atoms with van der Waals surface area (Å²) in [4.78, 5) is 10.7. The zero-order valence-electron chi connectivity index (χ0n) is 21.0. The van der Waals surface area contributed by atoms with E-state index in [9.17, 15) is 15.0 Å². The highest BCUT2D eigenvalue weighted by Crippen LogP contribution is 2.34. The maximum atomic E-state index is 10.7.